The summed E-state index contributed by atoms with van der Waals surface area (Å²) < 4.78 is 0.742. The van der Waals surface area contributed by atoms with E-state index in [0.29, 0.717) is 16.8 Å². The van der Waals surface area contributed by atoms with E-state index in [1.807, 2.05) is 32.9 Å². The topological polar surface area (TPSA) is 66.4 Å². The average molecular weight is 388 g/mol. The molecule has 0 radical (unpaired) electrons. The van der Waals surface area contributed by atoms with Crippen LogP contribution in [-0.2, 0) is 10.4 Å². The standard InChI is InChI=1S/C19H18BrNO3/c1-10-6-11(2)17(12(3)7-10)16(22)9-19(24)14-8-13(20)4-5-15(14)21-18(19)23/h4-8,24H,9H2,1-3H3,(H,21,23). The summed E-state index contributed by atoms with van der Waals surface area (Å²) in [5, 5.41) is 13.6. The van der Waals surface area contributed by atoms with Gasteiger partial charge >= 0.3 is 0 Å². The number of halogens is 1. The Bertz CT molecular complexity index is 852. The number of hydrogen-bond acceptors (Lipinski definition) is 3. The molecular formula is C19H18BrNO3. The molecule has 124 valence electrons. The first-order valence-corrected chi connectivity index (χ1v) is 8.46. The predicted molar refractivity (Wildman–Crippen MR) is 96.3 cm³/mol. The molecule has 0 fully saturated rings. The molecule has 1 aliphatic rings. The highest BCUT2D eigenvalue weighted by atomic mass is 79.9. The summed E-state index contributed by atoms with van der Waals surface area (Å²) in [6, 6.07) is 9.03. The average Bonchev–Trinajstić information content (AvgIpc) is 2.69. The van der Waals surface area contributed by atoms with Crippen LogP contribution in [0.5, 0.6) is 0 Å². The second kappa shape index (κ2) is 5.83. The van der Waals surface area contributed by atoms with Gasteiger partial charge in [-0.05, 0) is 50.1 Å². The van der Waals surface area contributed by atoms with Gasteiger partial charge in [0.05, 0.1) is 6.42 Å². The Morgan fingerprint density at radius 3 is 2.42 bits per heavy atom. The first kappa shape index (κ1) is 16.9. The third-order valence-corrected chi connectivity index (χ3v) is 4.92. The highest BCUT2D eigenvalue weighted by Gasteiger charge is 2.47. The predicted octanol–water partition coefficient (Wildman–Crippen LogP) is 3.79. The largest absolute Gasteiger partial charge is 0.375 e. The molecule has 1 amide bonds. The van der Waals surface area contributed by atoms with Crippen molar-refractivity contribution in [2.45, 2.75) is 32.8 Å². The van der Waals surface area contributed by atoms with Crippen LogP contribution < -0.4 is 5.32 Å². The number of ketones is 1. The van der Waals surface area contributed by atoms with Crippen LogP contribution in [0, 0.1) is 20.8 Å². The van der Waals surface area contributed by atoms with E-state index in [4.69, 9.17) is 0 Å². The molecule has 2 aromatic rings. The lowest BCUT2D eigenvalue weighted by Gasteiger charge is -2.21. The summed E-state index contributed by atoms with van der Waals surface area (Å²) in [7, 11) is 0. The number of anilines is 1. The quantitative estimate of drug-likeness (QED) is 0.787. The minimum Gasteiger partial charge on any atom is -0.375 e. The lowest BCUT2D eigenvalue weighted by atomic mass is 9.85. The maximum absolute atomic E-state index is 12.8. The molecule has 1 aliphatic heterocycles. The summed E-state index contributed by atoms with van der Waals surface area (Å²) in [5.41, 5.74) is 2.48. The molecule has 0 bridgehead atoms. The molecule has 1 atom stereocenters. The number of aryl methyl sites for hydroxylation is 3. The van der Waals surface area contributed by atoms with Crippen molar-refractivity contribution in [2.75, 3.05) is 5.32 Å². The van der Waals surface area contributed by atoms with Gasteiger partial charge in [0.2, 0.25) is 0 Å². The number of carbonyl (C=O) groups excluding carboxylic acids is 2. The highest BCUT2D eigenvalue weighted by Crippen LogP contribution is 2.40. The number of fused-ring (bicyclic) bond motifs is 1. The first-order chi connectivity index (χ1) is 11.2. The van der Waals surface area contributed by atoms with E-state index in [2.05, 4.69) is 21.2 Å². The van der Waals surface area contributed by atoms with Crippen LogP contribution in [0.3, 0.4) is 0 Å². The summed E-state index contributed by atoms with van der Waals surface area (Å²) in [6.45, 7) is 5.72. The molecule has 3 rings (SSSR count). The lowest BCUT2D eigenvalue weighted by molar-refractivity contribution is -0.133. The van der Waals surface area contributed by atoms with Crippen molar-refractivity contribution >= 4 is 33.3 Å². The fraction of sp³-hybridized carbons (Fsp3) is 0.263. The second-order valence-corrected chi connectivity index (χ2v) is 7.29. The van der Waals surface area contributed by atoms with Gasteiger partial charge in [-0.1, -0.05) is 33.6 Å². The van der Waals surface area contributed by atoms with Crippen molar-refractivity contribution in [3.63, 3.8) is 0 Å². The smallest absolute Gasteiger partial charge is 0.261 e. The molecule has 4 nitrogen and oxygen atoms in total. The highest BCUT2D eigenvalue weighted by molar-refractivity contribution is 9.10. The molecule has 0 saturated carbocycles. The number of hydrogen-bond donors (Lipinski definition) is 2. The van der Waals surface area contributed by atoms with Gasteiger partial charge in [-0.3, -0.25) is 9.59 Å². The third-order valence-electron chi connectivity index (χ3n) is 4.42. The van der Waals surface area contributed by atoms with E-state index in [0.717, 1.165) is 21.2 Å². The molecule has 0 aromatic heterocycles. The van der Waals surface area contributed by atoms with Crippen LogP contribution in [0.4, 0.5) is 5.69 Å². The Hall–Kier alpha value is -1.98. The van der Waals surface area contributed by atoms with Crippen molar-refractivity contribution in [3.8, 4) is 0 Å². The molecule has 5 heteroatoms. The van der Waals surface area contributed by atoms with Crippen LogP contribution in [0.2, 0.25) is 0 Å². The van der Waals surface area contributed by atoms with Gasteiger partial charge in [0, 0.05) is 21.3 Å². The summed E-state index contributed by atoms with van der Waals surface area (Å²) in [6.07, 6.45) is -0.285. The van der Waals surface area contributed by atoms with E-state index >= 15 is 0 Å². The number of nitrogens with one attached hydrogen (secondary N) is 1. The van der Waals surface area contributed by atoms with Gasteiger partial charge < -0.3 is 10.4 Å². The van der Waals surface area contributed by atoms with Gasteiger partial charge in [0.1, 0.15) is 0 Å². The Morgan fingerprint density at radius 1 is 1.17 bits per heavy atom. The van der Waals surface area contributed by atoms with Gasteiger partial charge in [-0.15, -0.1) is 0 Å². The van der Waals surface area contributed by atoms with Crippen molar-refractivity contribution in [1.29, 1.82) is 0 Å². The summed E-state index contributed by atoms with van der Waals surface area (Å²) in [5.74, 6) is -0.804. The lowest BCUT2D eigenvalue weighted by Crippen LogP contribution is -2.36. The molecule has 2 aromatic carbocycles. The van der Waals surface area contributed by atoms with Crippen LogP contribution in [0.15, 0.2) is 34.8 Å². The molecule has 0 saturated heterocycles. The minimum atomic E-state index is -1.85. The second-order valence-electron chi connectivity index (χ2n) is 6.38. The molecule has 0 aliphatic carbocycles. The fourth-order valence-corrected chi connectivity index (χ4v) is 3.79. The minimum absolute atomic E-state index is 0.240. The number of Topliss-reactive ketones (excluding diaryl/α,β-unsaturated/α-hetero) is 1. The number of amides is 1. The van der Waals surface area contributed by atoms with Gasteiger partial charge in [-0.25, -0.2) is 0 Å². The first-order valence-electron chi connectivity index (χ1n) is 7.67. The molecule has 0 spiro atoms. The molecule has 1 heterocycles. The maximum Gasteiger partial charge on any atom is 0.261 e. The Labute approximate surface area is 149 Å². The van der Waals surface area contributed by atoms with Crippen LogP contribution in [0.25, 0.3) is 0 Å². The normalized spacial score (nSPS) is 19.1. The third kappa shape index (κ3) is 2.68. The molecule has 2 N–H and O–H groups in total. The van der Waals surface area contributed by atoms with Crippen molar-refractivity contribution < 1.29 is 14.7 Å². The number of rotatable bonds is 3. The van der Waals surface area contributed by atoms with Crippen LogP contribution in [-0.4, -0.2) is 16.8 Å². The summed E-state index contributed by atoms with van der Waals surface area (Å²) in [4.78, 5) is 25.2. The van der Waals surface area contributed by atoms with E-state index < -0.39 is 11.5 Å². The SMILES string of the molecule is Cc1cc(C)c(C(=O)CC2(O)C(=O)Nc3ccc(Br)cc32)c(C)c1. The van der Waals surface area contributed by atoms with E-state index in [-0.39, 0.29) is 12.2 Å². The van der Waals surface area contributed by atoms with Gasteiger partial charge in [-0.2, -0.15) is 0 Å². The number of aliphatic hydroxyl groups is 1. The zero-order valence-electron chi connectivity index (χ0n) is 13.7. The van der Waals surface area contributed by atoms with Crippen molar-refractivity contribution in [3.05, 3.63) is 62.6 Å². The van der Waals surface area contributed by atoms with Gasteiger partial charge in [0.25, 0.3) is 5.91 Å². The molecule has 1 unspecified atom stereocenters. The number of benzene rings is 2. The number of carbonyl (C=O) groups is 2. The zero-order valence-corrected chi connectivity index (χ0v) is 15.3. The Kier molecular flexibility index (Phi) is 4.10. The zero-order chi connectivity index (χ0) is 17.6. The molecule has 24 heavy (non-hydrogen) atoms. The van der Waals surface area contributed by atoms with E-state index in [1.54, 1.807) is 18.2 Å². The van der Waals surface area contributed by atoms with Crippen LogP contribution in [0.1, 0.15) is 39.0 Å². The molecular weight excluding hydrogens is 370 g/mol. The Morgan fingerprint density at radius 2 is 1.79 bits per heavy atom. The Balaban J connectivity index is 2.01. The van der Waals surface area contributed by atoms with Crippen molar-refractivity contribution in [2.24, 2.45) is 0 Å². The maximum atomic E-state index is 12.8. The summed E-state index contributed by atoms with van der Waals surface area (Å²) >= 11 is 3.34. The fourth-order valence-electron chi connectivity index (χ4n) is 3.43. The van der Waals surface area contributed by atoms with Crippen LogP contribution >= 0.6 is 15.9 Å². The van der Waals surface area contributed by atoms with Gasteiger partial charge in [0.15, 0.2) is 11.4 Å². The van der Waals surface area contributed by atoms with Crippen molar-refractivity contribution in [1.82, 2.24) is 0 Å². The monoisotopic (exact) mass is 387 g/mol. The van der Waals surface area contributed by atoms with E-state index in [9.17, 15) is 14.7 Å². The van der Waals surface area contributed by atoms with E-state index in [1.165, 1.54) is 0 Å².